The summed E-state index contributed by atoms with van der Waals surface area (Å²) >= 11 is 0. The molecule has 4 nitrogen and oxygen atoms in total. The van der Waals surface area contributed by atoms with Crippen molar-refractivity contribution in [2.75, 3.05) is 44.2 Å². The second-order valence-corrected chi connectivity index (χ2v) is 6.75. The summed E-state index contributed by atoms with van der Waals surface area (Å²) in [6.07, 6.45) is 0. The summed E-state index contributed by atoms with van der Waals surface area (Å²) in [5.41, 5.74) is 1.40. The number of nitrogens with zero attached hydrogens (tertiary/aromatic N) is 3. The molecule has 1 fully saturated rings. The molecule has 0 radical (unpaired) electrons. The number of piperazine rings is 1. The van der Waals surface area contributed by atoms with Crippen LogP contribution in [0.2, 0.25) is 0 Å². The van der Waals surface area contributed by atoms with Gasteiger partial charge in [-0.1, -0.05) is 24.3 Å². The molecular weight excluding hydrogens is 348 g/mol. The summed E-state index contributed by atoms with van der Waals surface area (Å²) in [5.74, 6) is -0.476. The maximum absolute atomic E-state index is 13.9. The minimum absolute atomic E-state index is 0.0288. The second kappa shape index (κ2) is 8.95. The van der Waals surface area contributed by atoms with Crippen molar-refractivity contribution in [3.05, 3.63) is 65.7 Å². The predicted octanol–water partition coefficient (Wildman–Crippen LogP) is 3.14. The SMILES string of the molecule is CCN(Cc1cccc(F)c1)C(=O)CN1CCN(c2ccccc2F)CC1. The van der Waals surface area contributed by atoms with Crippen LogP contribution in [0.3, 0.4) is 0 Å². The lowest BCUT2D eigenvalue weighted by atomic mass is 10.2. The van der Waals surface area contributed by atoms with Crippen LogP contribution in [-0.2, 0) is 11.3 Å². The van der Waals surface area contributed by atoms with Crippen LogP contribution in [-0.4, -0.2) is 55.0 Å². The highest BCUT2D eigenvalue weighted by Gasteiger charge is 2.22. The molecule has 1 aliphatic heterocycles. The van der Waals surface area contributed by atoms with Gasteiger partial charge in [-0.05, 0) is 36.8 Å². The van der Waals surface area contributed by atoms with E-state index in [0.717, 1.165) is 5.56 Å². The molecule has 0 bridgehead atoms. The molecule has 1 amide bonds. The Bertz CT molecular complexity index is 776. The van der Waals surface area contributed by atoms with Gasteiger partial charge in [0.15, 0.2) is 0 Å². The van der Waals surface area contributed by atoms with Crippen molar-refractivity contribution >= 4 is 11.6 Å². The Morgan fingerprint density at radius 3 is 2.44 bits per heavy atom. The van der Waals surface area contributed by atoms with Crippen LogP contribution in [0.25, 0.3) is 0 Å². The van der Waals surface area contributed by atoms with Gasteiger partial charge in [0.1, 0.15) is 11.6 Å². The van der Waals surface area contributed by atoms with Gasteiger partial charge in [0.2, 0.25) is 5.91 Å². The Labute approximate surface area is 159 Å². The minimum atomic E-state index is -0.291. The fourth-order valence-corrected chi connectivity index (χ4v) is 3.38. The summed E-state index contributed by atoms with van der Waals surface area (Å²) in [4.78, 5) is 18.5. The monoisotopic (exact) mass is 373 g/mol. The molecule has 0 spiro atoms. The zero-order chi connectivity index (χ0) is 19.2. The number of amides is 1. The van der Waals surface area contributed by atoms with E-state index in [4.69, 9.17) is 0 Å². The highest BCUT2D eigenvalue weighted by Crippen LogP contribution is 2.20. The number of hydrogen-bond donors (Lipinski definition) is 0. The number of carbonyl (C=O) groups excluding carboxylic acids is 1. The average molecular weight is 373 g/mol. The van der Waals surface area contributed by atoms with E-state index in [1.165, 1.54) is 18.2 Å². The van der Waals surface area contributed by atoms with Crippen molar-refractivity contribution in [1.82, 2.24) is 9.80 Å². The zero-order valence-electron chi connectivity index (χ0n) is 15.6. The van der Waals surface area contributed by atoms with E-state index in [2.05, 4.69) is 4.90 Å². The number of hydrogen-bond acceptors (Lipinski definition) is 3. The van der Waals surface area contributed by atoms with Gasteiger partial charge in [-0.25, -0.2) is 8.78 Å². The molecule has 2 aromatic carbocycles. The Hall–Kier alpha value is -2.47. The molecule has 1 saturated heterocycles. The van der Waals surface area contributed by atoms with E-state index in [1.54, 1.807) is 23.1 Å². The third-order valence-corrected chi connectivity index (χ3v) is 4.92. The smallest absolute Gasteiger partial charge is 0.237 e. The van der Waals surface area contributed by atoms with E-state index in [9.17, 15) is 13.6 Å². The molecule has 27 heavy (non-hydrogen) atoms. The number of halogens is 2. The van der Waals surface area contributed by atoms with E-state index >= 15 is 0 Å². The first-order chi connectivity index (χ1) is 13.1. The average Bonchev–Trinajstić information content (AvgIpc) is 2.67. The maximum Gasteiger partial charge on any atom is 0.237 e. The van der Waals surface area contributed by atoms with E-state index in [-0.39, 0.29) is 17.5 Å². The van der Waals surface area contributed by atoms with Gasteiger partial charge in [-0.3, -0.25) is 9.69 Å². The molecule has 0 aliphatic carbocycles. The Kier molecular flexibility index (Phi) is 6.40. The van der Waals surface area contributed by atoms with Crippen molar-refractivity contribution in [2.45, 2.75) is 13.5 Å². The van der Waals surface area contributed by atoms with Crippen molar-refractivity contribution in [2.24, 2.45) is 0 Å². The third-order valence-electron chi connectivity index (χ3n) is 4.92. The quantitative estimate of drug-likeness (QED) is 0.778. The lowest BCUT2D eigenvalue weighted by Crippen LogP contribution is -2.50. The molecule has 144 valence electrons. The lowest BCUT2D eigenvalue weighted by Gasteiger charge is -2.36. The molecule has 0 saturated carbocycles. The Morgan fingerprint density at radius 2 is 1.78 bits per heavy atom. The Balaban J connectivity index is 1.53. The molecule has 0 aromatic heterocycles. The molecule has 1 heterocycles. The van der Waals surface area contributed by atoms with E-state index in [1.807, 2.05) is 24.0 Å². The number of carbonyl (C=O) groups is 1. The number of likely N-dealkylation sites (N-methyl/N-ethyl adjacent to an activating group) is 1. The van der Waals surface area contributed by atoms with E-state index < -0.39 is 0 Å². The summed E-state index contributed by atoms with van der Waals surface area (Å²) < 4.78 is 27.3. The third kappa shape index (κ3) is 5.04. The first-order valence-electron chi connectivity index (χ1n) is 9.31. The van der Waals surface area contributed by atoms with Gasteiger partial charge in [-0.2, -0.15) is 0 Å². The van der Waals surface area contributed by atoms with Crippen LogP contribution in [0, 0.1) is 11.6 Å². The summed E-state index contributed by atoms with van der Waals surface area (Å²) in [6, 6.07) is 13.1. The summed E-state index contributed by atoms with van der Waals surface area (Å²) in [7, 11) is 0. The molecule has 3 rings (SSSR count). The second-order valence-electron chi connectivity index (χ2n) is 6.75. The highest BCUT2D eigenvalue weighted by atomic mass is 19.1. The normalized spacial score (nSPS) is 15.0. The number of rotatable bonds is 6. The van der Waals surface area contributed by atoms with Crippen LogP contribution < -0.4 is 4.90 Å². The Morgan fingerprint density at radius 1 is 1.04 bits per heavy atom. The molecular formula is C21H25F2N3O. The van der Waals surface area contributed by atoms with Crippen LogP contribution in [0.1, 0.15) is 12.5 Å². The van der Waals surface area contributed by atoms with Gasteiger partial charge in [0.05, 0.1) is 12.2 Å². The number of benzene rings is 2. The van der Waals surface area contributed by atoms with E-state index in [0.29, 0.717) is 51.5 Å². The molecule has 1 aliphatic rings. The topological polar surface area (TPSA) is 26.8 Å². The van der Waals surface area contributed by atoms with Crippen LogP contribution in [0.4, 0.5) is 14.5 Å². The number of para-hydroxylation sites is 1. The minimum Gasteiger partial charge on any atom is -0.367 e. The van der Waals surface area contributed by atoms with Gasteiger partial charge >= 0.3 is 0 Å². The van der Waals surface area contributed by atoms with Crippen molar-refractivity contribution in [1.29, 1.82) is 0 Å². The fourth-order valence-electron chi connectivity index (χ4n) is 3.38. The zero-order valence-corrected chi connectivity index (χ0v) is 15.6. The molecule has 2 aromatic rings. The van der Waals surface area contributed by atoms with Crippen molar-refractivity contribution in [3.63, 3.8) is 0 Å². The van der Waals surface area contributed by atoms with Crippen LogP contribution in [0.15, 0.2) is 48.5 Å². The van der Waals surface area contributed by atoms with Crippen molar-refractivity contribution in [3.8, 4) is 0 Å². The van der Waals surface area contributed by atoms with Crippen LogP contribution >= 0.6 is 0 Å². The first-order valence-corrected chi connectivity index (χ1v) is 9.31. The van der Waals surface area contributed by atoms with Gasteiger partial charge in [0, 0.05) is 39.3 Å². The molecule has 0 atom stereocenters. The summed E-state index contributed by atoms with van der Waals surface area (Å²) in [6.45, 7) is 6.01. The fraction of sp³-hybridized carbons (Fsp3) is 0.381. The highest BCUT2D eigenvalue weighted by molar-refractivity contribution is 5.78. The van der Waals surface area contributed by atoms with Gasteiger partial charge in [0.25, 0.3) is 0 Å². The number of anilines is 1. The van der Waals surface area contributed by atoms with Gasteiger partial charge in [-0.15, -0.1) is 0 Å². The van der Waals surface area contributed by atoms with Gasteiger partial charge < -0.3 is 9.80 Å². The van der Waals surface area contributed by atoms with Crippen molar-refractivity contribution < 1.29 is 13.6 Å². The van der Waals surface area contributed by atoms with Crippen LogP contribution in [0.5, 0.6) is 0 Å². The largest absolute Gasteiger partial charge is 0.367 e. The molecule has 0 N–H and O–H groups in total. The molecule has 6 heteroatoms. The summed E-state index contributed by atoms with van der Waals surface area (Å²) in [5, 5.41) is 0. The predicted molar refractivity (Wildman–Crippen MR) is 103 cm³/mol. The first kappa shape index (κ1) is 19.3. The molecule has 0 unspecified atom stereocenters. The lowest BCUT2D eigenvalue weighted by molar-refractivity contribution is -0.132. The maximum atomic E-state index is 13.9. The standard InChI is InChI=1S/C21H25F2N3O/c1-2-25(15-17-6-5-7-18(22)14-17)21(27)16-24-10-12-26(13-11-24)20-9-4-3-8-19(20)23/h3-9,14H,2,10-13,15-16H2,1H3.